The molecule has 0 saturated heterocycles. The van der Waals surface area contributed by atoms with Crippen LogP contribution in [0.4, 0.5) is 0 Å². The largest absolute Gasteiger partial charge is 0.391 e. The second kappa shape index (κ2) is 2.19. The first-order valence-electron chi connectivity index (χ1n) is 2.23. The molecule has 1 aromatic rings. The van der Waals surface area contributed by atoms with Crippen LogP contribution in [0.15, 0.2) is 0 Å². The summed E-state index contributed by atoms with van der Waals surface area (Å²) in [5.74, 6) is 0. The lowest BCUT2D eigenvalue weighted by molar-refractivity contribution is 0.284. The number of hydrogen-bond donors (Lipinski definition) is 1. The fourth-order valence-corrected chi connectivity index (χ4v) is 0.889. The molecule has 0 spiro atoms. The molecule has 0 aromatic carbocycles. The van der Waals surface area contributed by atoms with Gasteiger partial charge in [0.1, 0.15) is 0 Å². The van der Waals surface area contributed by atoms with Gasteiger partial charge in [-0.2, -0.15) is 0 Å². The third-order valence-electron chi connectivity index (χ3n) is 0.889. The summed E-state index contributed by atoms with van der Waals surface area (Å²) >= 11 is 1.24. The number of aliphatic hydroxyl groups is 1. The molecule has 44 valence electrons. The van der Waals surface area contributed by atoms with Crippen molar-refractivity contribution in [3.63, 3.8) is 0 Å². The van der Waals surface area contributed by atoms with Gasteiger partial charge in [-0.05, 0) is 18.5 Å². The van der Waals surface area contributed by atoms with Crippen molar-refractivity contribution in [1.29, 1.82) is 0 Å². The van der Waals surface area contributed by atoms with E-state index in [1.54, 1.807) is 0 Å². The standard InChI is InChI=1S/C4H6N2OS/c1-3-4(2-7)8-6-5-3/h7H,2H2,1H3. The summed E-state index contributed by atoms with van der Waals surface area (Å²) in [6.07, 6.45) is 0. The highest BCUT2D eigenvalue weighted by Crippen LogP contribution is 2.06. The second-order valence-electron chi connectivity index (χ2n) is 1.44. The van der Waals surface area contributed by atoms with E-state index in [2.05, 4.69) is 9.59 Å². The maximum atomic E-state index is 8.54. The quantitative estimate of drug-likeness (QED) is 0.596. The summed E-state index contributed by atoms with van der Waals surface area (Å²) in [6.45, 7) is 1.89. The Morgan fingerprint density at radius 1 is 1.75 bits per heavy atom. The molecule has 0 aliphatic rings. The number of rotatable bonds is 1. The molecule has 8 heavy (non-hydrogen) atoms. The molecule has 0 atom stereocenters. The normalized spacial score (nSPS) is 9.75. The first kappa shape index (κ1) is 5.65. The minimum atomic E-state index is 0.0590. The van der Waals surface area contributed by atoms with E-state index >= 15 is 0 Å². The summed E-state index contributed by atoms with van der Waals surface area (Å²) in [6, 6.07) is 0. The van der Waals surface area contributed by atoms with Crippen LogP contribution in [0.25, 0.3) is 0 Å². The first-order chi connectivity index (χ1) is 3.84. The molecule has 0 aliphatic heterocycles. The Kier molecular flexibility index (Phi) is 1.55. The zero-order valence-corrected chi connectivity index (χ0v) is 5.27. The molecule has 0 fully saturated rings. The molecular formula is C4H6N2OS. The van der Waals surface area contributed by atoms with E-state index in [-0.39, 0.29) is 6.61 Å². The molecule has 0 saturated carbocycles. The first-order valence-corrected chi connectivity index (χ1v) is 3.00. The number of hydrogen-bond acceptors (Lipinski definition) is 4. The highest BCUT2D eigenvalue weighted by atomic mass is 32.1. The van der Waals surface area contributed by atoms with Crippen molar-refractivity contribution >= 4 is 11.5 Å². The van der Waals surface area contributed by atoms with E-state index in [4.69, 9.17) is 5.11 Å². The fourth-order valence-electron chi connectivity index (χ4n) is 0.396. The Morgan fingerprint density at radius 2 is 2.50 bits per heavy atom. The smallest absolute Gasteiger partial charge is 0.0809 e. The molecule has 1 heterocycles. The number of aromatic nitrogens is 2. The average molecular weight is 130 g/mol. The maximum absolute atomic E-state index is 8.54. The number of aryl methyl sites for hydroxylation is 1. The Bertz CT molecular complexity index is 174. The van der Waals surface area contributed by atoms with Gasteiger partial charge in [0, 0.05) is 0 Å². The van der Waals surface area contributed by atoms with Crippen LogP contribution in [0.2, 0.25) is 0 Å². The molecule has 1 aromatic heterocycles. The van der Waals surface area contributed by atoms with Crippen molar-refractivity contribution < 1.29 is 5.11 Å². The van der Waals surface area contributed by atoms with Gasteiger partial charge >= 0.3 is 0 Å². The van der Waals surface area contributed by atoms with Gasteiger partial charge in [-0.15, -0.1) is 5.10 Å². The van der Waals surface area contributed by atoms with E-state index in [1.807, 2.05) is 6.92 Å². The van der Waals surface area contributed by atoms with Crippen LogP contribution in [-0.4, -0.2) is 14.7 Å². The Morgan fingerprint density at radius 3 is 2.75 bits per heavy atom. The topological polar surface area (TPSA) is 46.0 Å². The van der Waals surface area contributed by atoms with Crippen molar-refractivity contribution in [3.8, 4) is 0 Å². The fraction of sp³-hybridized carbons (Fsp3) is 0.500. The van der Waals surface area contributed by atoms with E-state index < -0.39 is 0 Å². The van der Waals surface area contributed by atoms with Crippen molar-refractivity contribution in [2.75, 3.05) is 0 Å². The Hall–Kier alpha value is -0.480. The van der Waals surface area contributed by atoms with Gasteiger partial charge in [-0.3, -0.25) is 0 Å². The Labute approximate surface area is 51.1 Å². The predicted octanol–water partition coefficient (Wildman–Crippen LogP) is 0.339. The minimum absolute atomic E-state index is 0.0590. The van der Waals surface area contributed by atoms with Crippen molar-refractivity contribution in [1.82, 2.24) is 9.59 Å². The SMILES string of the molecule is Cc1nnsc1CO. The summed E-state index contributed by atoms with van der Waals surface area (Å²) in [4.78, 5) is 0.852. The van der Waals surface area contributed by atoms with E-state index in [0.717, 1.165) is 10.6 Å². The second-order valence-corrected chi connectivity index (χ2v) is 2.28. The monoisotopic (exact) mass is 130 g/mol. The molecule has 0 unspecified atom stereocenters. The summed E-state index contributed by atoms with van der Waals surface area (Å²) in [5, 5.41) is 12.2. The third-order valence-corrected chi connectivity index (χ3v) is 1.70. The number of nitrogens with zero attached hydrogens (tertiary/aromatic N) is 2. The maximum Gasteiger partial charge on any atom is 0.0809 e. The summed E-state index contributed by atoms with van der Waals surface area (Å²) in [5.41, 5.74) is 0.831. The van der Waals surface area contributed by atoms with Crippen LogP contribution in [0, 0.1) is 6.92 Å². The lowest BCUT2D eigenvalue weighted by Gasteiger charge is -1.82. The van der Waals surface area contributed by atoms with Gasteiger partial charge in [-0.25, -0.2) is 0 Å². The molecule has 1 N–H and O–H groups in total. The molecule has 0 radical (unpaired) electrons. The summed E-state index contributed by atoms with van der Waals surface area (Å²) in [7, 11) is 0. The van der Waals surface area contributed by atoms with Crippen LogP contribution in [-0.2, 0) is 6.61 Å². The molecule has 3 nitrogen and oxygen atoms in total. The van der Waals surface area contributed by atoms with Crippen LogP contribution in [0.3, 0.4) is 0 Å². The van der Waals surface area contributed by atoms with Crippen LogP contribution in [0.5, 0.6) is 0 Å². The molecule has 0 bridgehead atoms. The lowest BCUT2D eigenvalue weighted by atomic mass is 10.4. The van der Waals surface area contributed by atoms with Gasteiger partial charge in [0.15, 0.2) is 0 Å². The van der Waals surface area contributed by atoms with Gasteiger partial charge in [0.05, 0.1) is 17.2 Å². The van der Waals surface area contributed by atoms with E-state index in [1.165, 1.54) is 11.5 Å². The van der Waals surface area contributed by atoms with Gasteiger partial charge < -0.3 is 5.11 Å². The molecule has 0 amide bonds. The highest BCUT2D eigenvalue weighted by molar-refractivity contribution is 7.05. The van der Waals surface area contributed by atoms with Crippen LogP contribution < -0.4 is 0 Å². The molecule has 4 heteroatoms. The van der Waals surface area contributed by atoms with E-state index in [9.17, 15) is 0 Å². The van der Waals surface area contributed by atoms with Crippen LogP contribution >= 0.6 is 11.5 Å². The van der Waals surface area contributed by atoms with Crippen molar-refractivity contribution in [2.45, 2.75) is 13.5 Å². The minimum Gasteiger partial charge on any atom is -0.391 e. The van der Waals surface area contributed by atoms with Crippen LogP contribution in [0.1, 0.15) is 10.6 Å². The third kappa shape index (κ3) is 0.850. The number of aliphatic hydroxyl groups excluding tert-OH is 1. The highest BCUT2D eigenvalue weighted by Gasteiger charge is 1.97. The van der Waals surface area contributed by atoms with E-state index in [0.29, 0.717) is 0 Å². The van der Waals surface area contributed by atoms with Gasteiger partial charge in [-0.1, -0.05) is 4.49 Å². The van der Waals surface area contributed by atoms with Gasteiger partial charge in [0.2, 0.25) is 0 Å². The zero-order valence-electron chi connectivity index (χ0n) is 4.46. The zero-order chi connectivity index (χ0) is 5.98. The Balaban J connectivity index is 2.92. The predicted molar refractivity (Wildman–Crippen MR) is 30.6 cm³/mol. The molecule has 1 rings (SSSR count). The van der Waals surface area contributed by atoms with Crippen molar-refractivity contribution in [3.05, 3.63) is 10.6 Å². The lowest BCUT2D eigenvalue weighted by Crippen LogP contribution is -1.79. The van der Waals surface area contributed by atoms with Gasteiger partial charge in [0.25, 0.3) is 0 Å². The molecule has 0 aliphatic carbocycles. The summed E-state index contributed by atoms with van der Waals surface area (Å²) < 4.78 is 3.62. The van der Waals surface area contributed by atoms with Crippen molar-refractivity contribution in [2.24, 2.45) is 0 Å². The molecular weight excluding hydrogens is 124 g/mol. The average Bonchev–Trinajstić information content (AvgIpc) is 2.14.